The van der Waals surface area contributed by atoms with Crippen molar-refractivity contribution < 1.29 is 43.8 Å². The third-order valence-electron chi connectivity index (χ3n) is 4.15. The Hall–Kier alpha value is -3.40. The van der Waals surface area contributed by atoms with Crippen molar-refractivity contribution in [3.63, 3.8) is 0 Å². The summed E-state index contributed by atoms with van der Waals surface area (Å²) < 4.78 is 0. The maximum Gasteiger partial charge on any atom is 0.326 e. The van der Waals surface area contributed by atoms with Crippen LogP contribution in [0.25, 0.3) is 0 Å². The number of carbonyl (C=O) groups is 7. The summed E-state index contributed by atoms with van der Waals surface area (Å²) in [4.78, 5) is 81.1. The lowest BCUT2D eigenvalue weighted by molar-refractivity contribution is -0.143. The molecule has 11 N–H and O–H groups in total. The first-order valence-corrected chi connectivity index (χ1v) is 10.2. The predicted octanol–water partition coefficient (Wildman–Crippen LogP) is -4.21. The number of thiol groups is 1. The quantitative estimate of drug-likeness (QED) is 0.0936. The summed E-state index contributed by atoms with van der Waals surface area (Å²) in [5.74, 6) is -7.60. The van der Waals surface area contributed by atoms with Crippen molar-refractivity contribution in [2.75, 3.05) is 5.75 Å². The van der Waals surface area contributed by atoms with Crippen LogP contribution in [0.3, 0.4) is 0 Å². The van der Waals surface area contributed by atoms with Crippen LogP contribution in [-0.4, -0.2) is 81.6 Å². The highest BCUT2D eigenvalue weighted by molar-refractivity contribution is 7.80. The van der Waals surface area contributed by atoms with Crippen LogP contribution in [-0.2, 0) is 33.6 Å². The van der Waals surface area contributed by atoms with Crippen LogP contribution in [0.1, 0.15) is 32.1 Å². The number of amides is 5. The zero-order valence-electron chi connectivity index (χ0n) is 17.5. The van der Waals surface area contributed by atoms with Gasteiger partial charge in [0, 0.05) is 18.6 Å². The lowest BCUT2D eigenvalue weighted by Crippen LogP contribution is -2.58. The van der Waals surface area contributed by atoms with E-state index in [9.17, 15) is 38.7 Å². The SMILES string of the molecule is NC(=O)CCC(NC(=O)C(CC(N)=O)NC(=O)C(CS)NC(=O)C(N)CCC(=O)O)C(=O)O. The highest BCUT2D eigenvalue weighted by atomic mass is 32.1. The summed E-state index contributed by atoms with van der Waals surface area (Å²) in [6.07, 6.45) is -1.97. The van der Waals surface area contributed by atoms with Gasteiger partial charge in [0.15, 0.2) is 0 Å². The van der Waals surface area contributed by atoms with Crippen LogP contribution in [0.15, 0.2) is 0 Å². The third-order valence-corrected chi connectivity index (χ3v) is 4.52. The molecule has 0 saturated heterocycles. The molecule has 15 nitrogen and oxygen atoms in total. The lowest BCUT2D eigenvalue weighted by Gasteiger charge is -2.24. The molecule has 4 atom stereocenters. The molecule has 0 bridgehead atoms. The highest BCUT2D eigenvalue weighted by Gasteiger charge is 2.31. The molecule has 0 aliphatic rings. The normalized spacial score (nSPS) is 14.1. The number of aliphatic carboxylic acids is 2. The van der Waals surface area contributed by atoms with E-state index in [0.717, 1.165) is 0 Å². The molecule has 0 aliphatic heterocycles. The molecule has 33 heavy (non-hydrogen) atoms. The Morgan fingerprint density at radius 1 is 0.727 bits per heavy atom. The summed E-state index contributed by atoms with van der Waals surface area (Å²) in [6.45, 7) is 0. The van der Waals surface area contributed by atoms with Gasteiger partial charge >= 0.3 is 11.9 Å². The second-order valence-electron chi connectivity index (χ2n) is 6.92. The second kappa shape index (κ2) is 14.6. The molecule has 0 radical (unpaired) electrons. The van der Waals surface area contributed by atoms with Gasteiger partial charge in [-0.25, -0.2) is 4.79 Å². The Labute approximate surface area is 193 Å². The minimum atomic E-state index is -1.61. The minimum absolute atomic E-state index is 0.198. The average Bonchev–Trinajstić information content (AvgIpc) is 2.71. The van der Waals surface area contributed by atoms with E-state index in [4.69, 9.17) is 22.3 Å². The fourth-order valence-corrected chi connectivity index (χ4v) is 2.64. The second-order valence-corrected chi connectivity index (χ2v) is 7.28. The first-order valence-electron chi connectivity index (χ1n) is 9.57. The number of hydrogen-bond donors (Lipinski definition) is 9. The Kier molecular flexibility index (Phi) is 13.1. The van der Waals surface area contributed by atoms with E-state index >= 15 is 0 Å². The Morgan fingerprint density at radius 2 is 1.24 bits per heavy atom. The highest BCUT2D eigenvalue weighted by Crippen LogP contribution is 2.02. The summed E-state index contributed by atoms with van der Waals surface area (Å²) in [7, 11) is 0. The van der Waals surface area contributed by atoms with Gasteiger partial charge in [-0.1, -0.05) is 0 Å². The van der Waals surface area contributed by atoms with Crippen molar-refractivity contribution in [2.24, 2.45) is 17.2 Å². The largest absolute Gasteiger partial charge is 0.481 e. The third kappa shape index (κ3) is 12.3. The number of carboxylic acid groups (broad SMARTS) is 2. The molecule has 0 fully saturated rings. The van der Waals surface area contributed by atoms with Gasteiger partial charge in [-0.15, -0.1) is 0 Å². The van der Waals surface area contributed by atoms with Crippen LogP contribution in [0.5, 0.6) is 0 Å². The molecule has 4 unspecified atom stereocenters. The standard InChI is InChI=1S/C17H28N6O9S/c18-7(1-4-13(26)27)14(28)23-10(6-33)16(30)22-9(5-12(20)25)15(29)21-8(17(31)32)2-3-11(19)24/h7-10,33H,1-6,18H2,(H2,19,24)(H2,20,25)(H,21,29)(H,22,30)(H,23,28)(H,26,27)(H,31,32). The van der Waals surface area contributed by atoms with Crippen LogP contribution >= 0.6 is 12.6 Å². The number of primary amides is 2. The molecule has 16 heteroatoms. The molecule has 0 saturated carbocycles. The number of carbonyl (C=O) groups excluding carboxylic acids is 5. The fraction of sp³-hybridized carbons (Fsp3) is 0.588. The predicted molar refractivity (Wildman–Crippen MR) is 114 cm³/mol. The van der Waals surface area contributed by atoms with E-state index in [1.165, 1.54) is 0 Å². The van der Waals surface area contributed by atoms with Crippen molar-refractivity contribution in [3.8, 4) is 0 Å². The van der Waals surface area contributed by atoms with Crippen molar-refractivity contribution in [1.29, 1.82) is 0 Å². The van der Waals surface area contributed by atoms with E-state index in [1.54, 1.807) is 0 Å². The van der Waals surface area contributed by atoms with Crippen LogP contribution in [0.2, 0.25) is 0 Å². The van der Waals surface area contributed by atoms with E-state index in [0.29, 0.717) is 0 Å². The van der Waals surface area contributed by atoms with Gasteiger partial charge in [0.2, 0.25) is 29.5 Å². The Bertz CT molecular complexity index is 778. The molecule has 0 aromatic rings. The number of rotatable bonds is 16. The first-order chi connectivity index (χ1) is 15.3. The maximum atomic E-state index is 12.5. The number of nitrogens with one attached hydrogen (secondary N) is 3. The van der Waals surface area contributed by atoms with Crippen molar-refractivity contribution in [3.05, 3.63) is 0 Å². The molecular weight excluding hydrogens is 464 g/mol. The summed E-state index contributed by atoms with van der Waals surface area (Å²) in [5, 5.41) is 24.3. The molecule has 0 aromatic carbocycles. The fourth-order valence-electron chi connectivity index (χ4n) is 2.38. The van der Waals surface area contributed by atoms with E-state index < -0.39 is 72.1 Å². The van der Waals surface area contributed by atoms with E-state index in [-0.39, 0.29) is 31.4 Å². The van der Waals surface area contributed by atoms with Crippen LogP contribution < -0.4 is 33.2 Å². The van der Waals surface area contributed by atoms with Crippen molar-refractivity contribution >= 4 is 54.1 Å². The molecule has 0 spiro atoms. The Balaban J connectivity index is 5.26. The summed E-state index contributed by atoms with van der Waals surface area (Å²) in [6, 6.07) is -5.71. The van der Waals surface area contributed by atoms with Gasteiger partial charge in [-0.05, 0) is 12.8 Å². The molecule has 0 aromatic heterocycles. The monoisotopic (exact) mass is 492 g/mol. The van der Waals surface area contributed by atoms with Crippen LogP contribution in [0, 0.1) is 0 Å². The molecule has 0 aliphatic carbocycles. The smallest absolute Gasteiger partial charge is 0.326 e. The van der Waals surface area contributed by atoms with E-state index in [1.807, 2.05) is 0 Å². The van der Waals surface area contributed by atoms with Gasteiger partial charge in [-0.2, -0.15) is 12.6 Å². The zero-order valence-corrected chi connectivity index (χ0v) is 18.4. The Morgan fingerprint density at radius 3 is 1.70 bits per heavy atom. The molecule has 186 valence electrons. The first kappa shape index (κ1) is 29.6. The number of nitrogens with two attached hydrogens (primary N) is 3. The lowest BCUT2D eigenvalue weighted by atomic mass is 10.1. The molecule has 5 amide bonds. The van der Waals surface area contributed by atoms with Gasteiger partial charge in [0.05, 0.1) is 12.5 Å². The van der Waals surface area contributed by atoms with Gasteiger partial charge in [-0.3, -0.25) is 28.8 Å². The minimum Gasteiger partial charge on any atom is -0.481 e. The maximum absolute atomic E-state index is 12.5. The number of carboxylic acids is 2. The van der Waals surface area contributed by atoms with E-state index in [2.05, 4.69) is 28.6 Å². The van der Waals surface area contributed by atoms with Gasteiger partial charge < -0.3 is 43.4 Å². The summed E-state index contributed by atoms with van der Waals surface area (Å²) >= 11 is 3.93. The van der Waals surface area contributed by atoms with Gasteiger partial charge in [0.25, 0.3) is 0 Å². The summed E-state index contributed by atoms with van der Waals surface area (Å²) in [5.41, 5.74) is 15.6. The molecule has 0 rings (SSSR count). The van der Waals surface area contributed by atoms with Crippen molar-refractivity contribution in [2.45, 2.75) is 56.3 Å². The van der Waals surface area contributed by atoms with Crippen LogP contribution in [0.4, 0.5) is 0 Å². The topological polar surface area (TPSA) is 274 Å². The van der Waals surface area contributed by atoms with Gasteiger partial charge in [0.1, 0.15) is 18.1 Å². The van der Waals surface area contributed by atoms with Crippen molar-refractivity contribution in [1.82, 2.24) is 16.0 Å². The molecular formula is C17H28N6O9S. The zero-order chi connectivity index (χ0) is 25.7. The number of hydrogen-bond acceptors (Lipinski definition) is 9. The molecule has 0 heterocycles. The average molecular weight is 493 g/mol.